The van der Waals surface area contributed by atoms with Gasteiger partial charge in [0.1, 0.15) is 11.7 Å². The number of nitrogens with zero attached hydrogens (tertiary/aromatic N) is 3. The lowest BCUT2D eigenvalue weighted by Crippen LogP contribution is -2.20. The molecule has 3 N–H and O–H groups in total. The van der Waals surface area contributed by atoms with Crippen LogP contribution in [0.15, 0.2) is 17.6 Å². The van der Waals surface area contributed by atoms with Gasteiger partial charge in [-0.05, 0) is 13.0 Å². The number of hydrogen-bond acceptors (Lipinski definition) is 5. The molecular formula is C12H14ClN5S. The van der Waals surface area contributed by atoms with Crippen molar-refractivity contribution in [2.75, 3.05) is 11.9 Å². The number of aromatic nitrogens is 2. The van der Waals surface area contributed by atoms with E-state index in [0.717, 1.165) is 10.7 Å². The van der Waals surface area contributed by atoms with Gasteiger partial charge >= 0.3 is 0 Å². The van der Waals surface area contributed by atoms with Crippen LogP contribution >= 0.6 is 22.9 Å². The summed E-state index contributed by atoms with van der Waals surface area (Å²) in [6.45, 7) is 2.58. The van der Waals surface area contributed by atoms with Crippen LogP contribution in [0, 0.1) is 12.3 Å². The van der Waals surface area contributed by atoms with Crippen molar-refractivity contribution >= 4 is 34.6 Å². The molecule has 7 heteroatoms. The maximum Gasteiger partial charge on any atom is 0.148 e. The number of hydrogen-bond donors (Lipinski definition) is 2. The third-order valence-corrected chi connectivity index (χ3v) is 3.78. The van der Waals surface area contributed by atoms with E-state index in [1.807, 2.05) is 24.3 Å². The van der Waals surface area contributed by atoms with E-state index in [-0.39, 0.29) is 5.84 Å². The van der Waals surface area contributed by atoms with Crippen molar-refractivity contribution in [3.05, 3.63) is 38.9 Å². The Bertz CT molecular complexity index is 610. The molecule has 2 heterocycles. The molecule has 0 spiro atoms. The predicted octanol–water partition coefficient (Wildman–Crippen LogP) is 2.42. The molecule has 0 saturated carbocycles. The number of nitrogens with two attached hydrogens (primary N) is 1. The lowest BCUT2D eigenvalue weighted by Gasteiger charge is -2.19. The Morgan fingerprint density at radius 2 is 2.32 bits per heavy atom. The number of aryl methyl sites for hydroxylation is 1. The van der Waals surface area contributed by atoms with Crippen LogP contribution in [0.4, 0.5) is 5.82 Å². The quantitative estimate of drug-likeness (QED) is 0.671. The number of anilines is 1. The summed E-state index contributed by atoms with van der Waals surface area (Å²) < 4.78 is 0. The van der Waals surface area contributed by atoms with Gasteiger partial charge in [0, 0.05) is 24.2 Å². The van der Waals surface area contributed by atoms with Crippen LogP contribution < -0.4 is 10.6 Å². The Labute approximate surface area is 120 Å². The number of pyridine rings is 1. The lowest BCUT2D eigenvalue weighted by atomic mass is 10.2. The molecule has 2 aromatic rings. The first-order valence-corrected chi connectivity index (χ1v) is 6.86. The number of halogens is 1. The van der Waals surface area contributed by atoms with E-state index < -0.39 is 0 Å². The minimum atomic E-state index is -0.0634. The van der Waals surface area contributed by atoms with Crippen LogP contribution in [-0.4, -0.2) is 22.9 Å². The van der Waals surface area contributed by atoms with Gasteiger partial charge in [0.2, 0.25) is 0 Å². The van der Waals surface area contributed by atoms with Crippen molar-refractivity contribution in [2.45, 2.75) is 13.5 Å². The molecule has 2 aromatic heterocycles. The van der Waals surface area contributed by atoms with Crippen molar-refractivity contribution in [3.8, 4) is 0 Å². The largest absolute Gasteiger partial charge is 0.384 e. The molecule has 0 unspecified atom stereocenters. The highest BCUT2D eigenvalue weighted by molar-refractivity contribution is 7.09. The van der Waals surface area contributed by atoms with Crippen LogP contribution in [0.1, 0.15) is 16.3 Å². The normalized spacial score (nSPS) is 10.5. The summed E-state index contributed by atoms with van der Waals surface area (Å²) in [5.41, 5.74) is 6.94. The Morgan fingerprint density at radius 1 is 1.58 bits per heavy atom. The summed E-state index contributed by atoms with van der Waals surface area (Å²) in [7, 11) is 1.88. The van der Waals surface area contributed by atoms with E-state index >= 15 is 0 Å². The fourth-order valence-electron chi connectivity index (χ4n) is 1.71. The fraction of sp³-hybridized carbons (Fsp3) is 0.250. The lowest BCUT2D eigenvalue weighted by molar-refractivity contribution is 0.870. The van der Waals surface area contributed by atoms with Crippen molar-refractivity contribution in [2.24, 2.45) is 5.73 Å². The van der Waals surface area contributed by atoms with E-state index in [2.05, 4.69) is 9.97 Å². The molecule has 0 bridgehead atoms. The molecule has 5 nitrogen and oxygen atoms in total. The van der Waals surface area contributed by atoms with Gasteiger partial charge in [-0.3, -0.25) is 5.41 Å². The summed E-state index contributed by atoms with van der Waals surface area (Å²) in [6.07, 6.45) is 1.60. The molecule has 0 radical (unpaired) electrons. The number of rotatable bonds is 4. The average Bonchev–Trinajstić information content (AvgIpc) is 2.74. The van der Waals surface area contributed by atoms with Crippen molar-refractivity contribution in [1.29, 1.82) is 5.41 Å². The van der Waals surface area contributed by atoms with Crippen LogP contribution in [0.3, 0.4) is 0 Å². The van der Waals surface area contributed by atoms with E-state index in [0.29, 0.717) is 22.9 Å². The minimum absolute atomic E-state index is 0.0634. The Kier molecular flexibility index (Phi) is 4.01. The van der Waals surface area contributed by atoms with Gasteiger partial charge in [0.15, 0.2) is 0 Å². The van der Waals surface area contributed by atoms with E-state index in [4.69, 9.17) is 22.7 Å². The second-order valence-corrected chi connectivity index (χ2v) is 5.56. The van der Waals surface area contributed by atoms with E-state index in [1.54, 1.807) is 23.6 Å². The number of nitrogens with one attached hydrogen (secondary N) is 1. The first kappa shape index (κ1) is 13.8. The van der Waals surface area contributed by atoms with Crippen LogP contribution in [0.25, 0.3) is 0 Å². The van der Waals surface area contributed by atoms with Gasteiger partial charge in [-0.15, -0.1) is 11.3 Å². The van der Waals surface area contributed by atoms with Gasteiger partial charge in [-0.1, -0.05) is 11.6 Å². The van der Waals surface area contributed by atoms with E-state index in [9.17, 15) is 0 Å². The molecule has 0 amide bonds. The predicted molar refractivity (Wildman–Crippen MR) is 79.2 cm³/mol. The molecule has 0 atom stereocenters. The molecule has 0 aliphatic rings. The Morgan fingerprint density at radius 3 is 2.89 bits per heavy atom. The molecular weight excluding hydrogens is 282 g/mol. The van der Waals surface area contributed by atoms with Crippen molar-refractivity contribution in [1.82, 2.24) is 9.97 Å². The third kappa shape index (κ3) is 3.02. The van der Waals surface area contributed by atoms with Crippen molar-refractivity contribution < 1.29 is 0 Å². The Balaban J connectivity index is 2.26. The molecule has 0 fully saturated rings. The Hall–Kier alpha value is -1.66. The van der Waals surface area contributed by atoms with Gasteiger partial charge in [0.05, 0.1) is 22.3 Å². The third-order valence-electron chi connectivity index (χ3n) is 2.59. The van der Waals surface area contributed by atoms with Gasteiger partial charge in [0.25, 0.3) is 0 Å². The maximum absolute atomic E-state index is 7.47. The highest BCUT2D eigenvalue weighted by Gasteiger charge is 2.14. The van der Waals surface area contributed by atoms with Crippen LogP contribution in [-0.2, 0) is 6.54 Å². The topological polar surface area (TPSA) is 78.9 Å². The smallest absolute Gasteiger partial charge is 0.148 e. The fourth-order valence-corrected chi connectivity index (χ4v) is 2.67. The standard InChI is InChI=1S/C12H14ClN5S/c1-7-17-8(6-19-7)5-18(2)12-10(13)9(11(14)15)3-4-16-12/h3-4,6H,5H2,1-2H3,(H3,14,15). The summed E-state index contributed by atoms with van der Waals surface area (Å²) in [4.78, 5) is 10.5. The molecule has 19 heavy (non-hydrogen) atoms. The average molecular weight is 296 g/mol. The summed E-state index contributed by atoms with van der Waals surface area (Å²) >= 11 is 7.84. The van der Waals surface area contributed by atoms with Gasteiger partial charge in [-0.2, -0.15) is 0 Å². The molecule has 0 aliphatic heterocycles. The molecule has 0 aliphatic carbocycles. The molecule has 0 saturated heterocycles. The van der Waals surface area contributed by atoms with Crippen LogP contribution in [0.5, 0.6) is 0 Å². The second-order valence-electron chi connectivity index (χ2n) is 4.12. The summed E-state index contributed by atoms with van der Waals surface area (Å²) in [5.74, 6) is 0.534. The SMILES string of the molecule is Cc1nc(CN(C)c2nccc(C(=N)N)c2Cl)cs1. The molecule has 0 aromatic carbocycles. The molecule has 100 valence electrons. The number of nitrogen functional groups attached to an aromatic ring is 1. The highest BCUT2D eigenvalue weighted by atomic mass is 35.5. The van der Waals surface area contributed by atoms with Crippen LogP contribution in [0.2, 0.25) is 5.02 Å². The first-order valence-electron chi connectivity index (χ1n) is 5.60. The summed E-state index contributed by atoms with van der Waals surface area (Å²) in [6, 6.07) is 1.63. The summed E-state index contributed by atoms with van der Waals surface area (Å²) in [5, 5.41) is 10.9. The zero-order chi connectivity index (χ0) is 14.0. The van der Waals surface area contributed by atoms with Gasteiger partial charge in [-0.25, -0.2) is 9.97 Å². The number of amidine groups is 1. The van der Waals surface area contributed by atoms with Crippen molar-refractivity contribution in [3.63, 3.8) is 0 Å². The van der Waals surface area contributed by atoms with Gasteiger partial charge < -0.3 is 10.6 Å². The number of thiazole rings is 1. The maximum atomic E-state index is 7.47. The zero-order valence-electron chi connectivity index (χ0n) is 10.6. The van der Waals surface area contributed by atoms with E-state index in [1.165, 1.54) is 0 Å². The molecule has 2 rings (SSSR count). The zero-order valence-corrected chi connectivity index (χ0v) is 12.2. The monoisotopic (exact) mass is 295 g/mol. The second kappa shape index (κ2) is 5.54. The minimum Gasteiger partial charge on any atom is -0.384 e. The highest BCUT2D eigenvalue weighted by Crippen LogP contribution is 2.26. The first-order chi connectivity index (χ1) is 8.99.